The zero-order valence-electron chi connectivity index (χ0n) is 11.1. The van der Waals surface area contributed by atoms with Gasteiger partial charge in [0.25, 0.3) is 0 Å². The molecule has 1 N–H and O–H groups in total. The highest BCUT2D eigenvalue weighted by atomic mass is 16.5. The minimum absolute atomic E-state index is 0.216. The highest BCUT2D eigenvalue weighted by Crippen LogP contribution is 2.44. The molecule has 0 bridgehead atoms. The van der Waals surface area contributed by atoms with Gasteiger partial charge in [0.1, 0.15) is 5.75 Å². The summed E-state index contributed by atoms with van der Waals surface area (Å²) >= 11 is 0. The lowest BCUT2D eigenvalue weighted by Crippen LogP contribution is -2.43. The Balaban J connectivity index is 1.70. The van der Waals surface area contributed by atoms with E-state index in [-0.39, 0.29) is 6.10 Å². The highest BCUT2D eigenvalue weighted by Gasteiger charge is 2.41. The van der Waals surface area contributed by atoms with Crippen LogP contribution in [0.1, 0.15) is 26.7 Å². The van der Waals surface area contributed by atoms with E-state index in [1.54, 1.807) is 0 Å². The molecule has 3 atom stereocenters. The second-order valence-corrected chi connectivity index (χ2v) is 5.65. The summed E-state index contributed by atoms with van der Waals surface area (Å²) in [5, 5.41) is 3.65. The Hall–Kier alpha value is -1.44. The van der Waals surface area contributed by atoms with Crippen molar-refractivity contribution in [3.05, 3.63) is 36.4 Å². The minimum Gasteiger partial charge on any atom is -0.489 e. The Morgan fingerprint density at radius 2 is 2.11 bits per heavy atom. The molecule has 0 aliphatic heterocycles. The topological polar surface area (TPSA) is 21.3 Å². The molecule has 3 rings (SSSR count). The monoisotopic (exact) mass is 243 g/mol. The van der Waals surface area contributed by atoms with Gasteiger partial charge in [0, 0.05) is 12.0 Å². The molecule has 1 aromatic rings. The molecule has 2 aliphatic rings. The highest BCUT2D eigenvalue weighted by molar-refractivity contribution is 5.57. The zero-order chi connectivity index (χ0) is 12.5. The number of allylic oxidation sites excluding steroid dienone is 1. The lowest BCUT2D eigenvalue weighted by atomic mass is 9.71. The molecule has 0 aromatic heterocycles. The van der Waals surface area contributed by atoms with E-state index in [0.29, 0.717) is 6.04 Å². The fourth-order valence-corrected chi connectivity index (χ4v) is 3.03. The van der Waals surface area contributed by atoms with E-state index >= 15 is 0 Å². The number of rotatable bonds is 4. The molecule has 2 aliphatic carbocycles. The van der Waals surface area contributed by atoms with Gasteiger partial charge in [-0.2, -0.15) is 0 Å². The predicted octanol–water partition coefficient (Wildman–Crippen LogP) is 3.85. The van der Waals surface area contributed by atoms with Gasteiger partial charge in [0.05, 0.1) is 11.8 Å². The smallest absolute Gasteiger partial charge is 0.142 e. The van der Waals surface area contributed by atoms with Crippen LogP contribution in [0.15, 0.2) is 36.4 Å². The second kappa shape index (κ2) is 4.68. The molecular formula is C16H21NO. The number of para-hydroxylation sites is 2. The van der Waals surface area contributed by atoms with Crippen LogP contribution in [-0.2, 0) is 0 Å². The zero-order valence-corrected chi connectivity index (χ0v) is 11.1. The van der Waals surface area contributed by atoms with Crippen LogP contribution in [0.2, 0.25) is 0 Å². The van der Waals surface area contributed by atoms with E-state index in [4.69, 9.17) is 4.74 Å². The summed E-state index contributed by atoms with van der Waals surface area (Å²) in [5.41, 5.74) is 1.13. The van der Waals surface area contributed by atoms with Crippen molar-refractivity contribution in [2.75, 3.05) is 5.32 Å². The van der Waals surface area contributed by atoms with Crippen molar-refractivity contribution in [3.8, 4) is 5.75 Å². The third-order valence-electron chi connectivity index (χ3n) is 3.95. The number of ether oxygens (including phenoxy) is 1. The normalized spacial score (nSPS) is 28.9. The molecular weight excluding hydrogens is 222 g/mol. The van der Waals surface area contributed by atoms with E-state index in [1.807, 2.05) is 12.1 Å². The number of hydrogen-bond acceptors (Lipinski definition) is 2. The summed E-state index contributed by atoms with van der Waals surface area (Å²) in [7, 11) is 0. The van der Waals surface area contributed by atoms with Crippen LogP contribution in [0.4, 0.5) is 5.69 Å². The Morgan fingerprint density at radius 3 is 2.89 bits per heavy atom. The Kier molecular flexibility index (Phi) is 3.02. The van der Waals surface area contributed by atoms with E-state index in [1.165, 1.54) is 12.8 Å². The molecule has 0 radical (unpaired) electrons. The average molecular weight is 243 g/mol. The van der Waals surface area contributed by atoms with Gasteiger partial charge in [-0.15, -0.1) is 0 Å². The Bertz CT molecular complexity index is 452. The Labute approximate surface area is 109 Å². The molecule has 0 saturated heterocycles. The first-order chi connectivity index (χ1) is 8.74. The summed E-state index contributed by atoms with van der Waals surface area (Å²) in [6.07, 6.45) is 7.47. The van der Waals surface area contributed by atoms with Gasteiger partial charge in [0.2, 0.25) is 0 Å². The number of fused-ring (bicyclic) bond motifs is 1. The molecule has 1 fully saturated rings. The van der Waals surface area contributed by atoms with Crippen LogP contribution in [0.25, 0.3) is 0 Å². The number of nitrogens with one attached hydrogen (secondary N) is 1. The molecule has 2 nitrogen and oxygen atoms in total. The van der Waals surface area contributed by atoms with Crippen molar-refractivity contribution in [2.24, 2.45) is 11.8 Å². The van der Waals surface area contributed by atoms with Crippen molar-refractivity contribution in [1.29, 1.82) is 0 Å². The summed E-state index contributed by atoms with van der Waals surface area (Å²) in [5.74, 6) is 2.59. The maximum Gasteiger partial charge on any atom is 0.142 e. The quantitative estimate of drug-likeness (QED) is 0.811. The van der Waals surface area contributed by atoms with E-state index < -0.39 is 0 Å². The van der Waals surface area contributed by atoms with Crippen LogP contribution in [-0.4, -0.2) is 12.1 Å². The van der Waals surface area contributed by atoms with Gasteiger partial charge >= 0.3 is 0 Å². The predicted molar refractivity (Wildman–Crippen MR) is 75.0 cm³/mol. The van der Waals surface area contributed by atoms with Crippen molar-refractivity contribution in [3.63, 3.8) is 0 Å². The number of benzene rings is 1. The molecule has 3 unspecified atom stereocenters. The summed E-state index contributed by atoms with van der Waals surface area (Å²) in [4.78, 5) is 0. The molecule has 18 heavy (non-hydrogen) atoms. The van der Waals surface area contributed by atoms with Crippen LogP contribution >= 0.6 is 0 Å². The van der Waals surface area contributed by atoms with Crippen molar-refractivity contribution in [2.45, 2.75) is 38.8 Å². The third kappa shape index (κ3) is 2.12. The number of hydrogen-bond donors (Lipinski definition) is 1. The summed E-state index contributed by atoms with van der Waals surface area (Å²) in [6, 6.07) is 8.84. The van der Waals surface area contributed by atoms with E-state index in [9.17, 15) is 0 Å². The molecule has 1 aromatic carbocycles. The minimum atomic E-state index is 0.216. The first-order valence-corrected chi connectivity index (χ1v) is 6.93. The average Bonchev–Trinajstić information content (AvgIpc) is 2.69. The molecule has 0 amide bonds. The molecule has 0 spiro atoms. The lowest BCUT2D eigenvalue weighted by molar-refractivity contribution is 0.215. The van der Waals surface area contributed by atoms with Gasteiger partial charge in [0.15, 0.2) is 0 Å². The molecule has 0 heterocycles. The standard InChI is InChI=1S/C16H21NO/c1-11(2)18-16-9-4-3-8-14(16)17-15-10-12-6-5-7-13(12)15/h3-5,7-9,11-13,15,17H,6,10H2,1-2H3. The summed E-state index contributed by atoms with van der Waals surface area (Å²) in [6.45, 7) is 4.13. The fraction of sp³-hybridized carbons (Fsp3) is 0.500. The van der Waals surface area contributed by atoms with Crippen molar-refractivity contribution in [1.82, 2.24) is 0 Å². The maximum atomic E-state index is 5.85. The fourth-order valence-electron chi connectivity index (χ4n) is 3.03. The number of anilines is 1. The van der Waals surface area contributed by atoms with Crippen LogP contribution in [0, 0.1) is 11.8 Å². The van der Waals surface area contributed by atoms with Gasteiger partial charge < -0.3 is 10.1 Å². The lowest BCUT2D eigenvalue weighted by Gasteiger charge is -2.41. The van der Waals surface area contributed by atoms with Crippen molar-refractivity contribution >= 4 is 5.69 Å². The van der Waals surface area contributed by atoms with E-state index in [2.05, 4.69) is 43.4 Å². The SMILES string of the molecule is CC(C)Oc1ccccc1NC1CC2CC=CC21. The molecule has 2 heteroatoms. The first kappa shape index (κ1) is 11.6. The second-order valence-electron chi connectivity index (χ2n) is 5.65. The van der Waals surface area contributed by atoms with E-state index in [0.717, 1.165) is 23.3 Å². The molecule has 1 saturated carbocycles. The van der Waals surface area contributed by atoms with Crippen LogP contribution in [0.5, 0.6) is 5.75 Å². The van der Waals surface area contributed by atoms with Gasteiger partial charge in [-0.25, -0.2) is 0 Å². The van der Waals surface area contributed by atoms with Crippen LogP contribution < -0.4 is 10.1 Å². The van der Waals surface area contributed by atoms with Gasteiger partial charge in [-0.1, -0.05) is 24.3 Å². The first-order valence-electron chi connectivity index (χ1n) is 6.93. The Morgan fingerprint density at radius 1 is 1.28 bits per heavy atom. The third-order valence-corrected chi connectivity index (χ3v) is 3.95. The summed E-state index contributed by atoms with van der Waals surface area (Å²) < 4.78 is 5.85. The maximum absolute atomic E-state index is 5.85. The van der Waals surface area contributed by atoms with Crippen LogP contribution in [0.3, 0.4) is 0 Å². The molecule has 96 valence electrons. The largest absolute Gasteiger partial charge is 0.489 e. The van der Waals surface area contributed by atoms with Gasteiger partial charge in [-0.3, -0.25) is 0 Å². The van der Waals surface area contributed by atoms with Gasteiger partial charge in [-0.05, 0) is 44.7 Å². The van der Waals surface area contributed by atoms with Crippen molar-refractivity contribution < 1.29 is 4.74 Å².